The van der Waals surface area contributed by atoms with Crippen molar-refractivity contribution in [3.8, 4) is 6.07 Å². The van der Waals surface area contributed by atoms with E-state index in [1.807, 2.05) is 19.9 Å². The molecule has 0 saturated carbocycles. The fourth-order valence-electron chi connectivity index (χ4n) is 1.79. The van der Waals surface area contributed by atoms with Gasteiger partial charge in [-0.05, 0) is 59.6 Å². The highest BCUT2D eigenvalue weighted by molar-refractivity contribution is 9.10. The quantitative estimate of drug-likeness (QED) is 0.901. The minimum Gasteiger partial charge on any atom is -0.338 e. The fraction of sp³-hybridized carbons (Fsp3) is 0.143. The molecule has 2 aromatic rings. The van der Waals surface area contributed by atoms with Crippen LogP contribution in [0.2, 0.25) is 0 Å². The lowest BCUT2D eigenvalue weighted by Gasteiger charge is -2.11. The summed E-state index contributed by atoms with van der Waals surface area (Å²) in [7, 11) is 0. The highest BCUT2D eigenvalue weighted by Crippen LogP contribution is 2.28. The van der Waals surface area contributed by atoms with Crippen LogP contribution in [0.1, 0.15) is 16.8 Å². The summed E-state index contributed by atoms with van der Waals surface area (Å²) in [6, 6.07) is 8.26. The van der Waals surface area contributed by atoms with Gasteiger partial charge in [-0.25, -0.2) is 9.37 Å². The summed E-state index contributed by atoms with van der Waals surface area (Å²) in [6.07, 6.45) is 0. The van der Waals surface area contributed by atoms with Crippen molar-refractivity contribution in [2.75, 3.05) is 5.32 Å². The Labute approximate surface area is 119 Å². The van der Waals surface area contributed by atoms with Crippen molar-refractivity contribution >= 4 is 27.4 Å². The minimum atomic E-state index is -0.353. The van der Waals surface area contributed by atoms with Crippen LogP contribution in [0, 0.1) is 31.0 Å². The maximum absolute atomic E-state index is 13.2. The van der Waals surface area contributed by atoms with Crippen LogP contribution in [0.3, 0.4) is 0 Å². The molecule has 1 aromatic carbocycles. The first-order valence-electron chi connectivity index (χ1n) is 5.61. The van der Waals surface area contributed by atoms with Gasteiger partial charge in [0.2, 0.25) is 0 Å². The van der Waals surface area contributed by atoms with Crippen molar-refractivity contribution < 1.29 is 4.39 Å². The third-order valence-corrected chi connectivity index (χ3v) is 3.33. The van der Waals surface area contributed by atoms with Gasteiger partial charge in [0.25, 0.3) is 0 Å². The lowest BCUT2D eigenvalue weighted by atomic mass is 10.1. The van der Waals surface area contributed by atoms with E-state index < -0.39 is 0 Å². The summed E-state index contributed by atoms with van der Waals surface area (Å²) in [6.45, 7) is 3.69. The molecular formula is C14H11BrFN3. The lowest BCUT2D eigenvalue weighted by Crippen LogP contribution is -2.01. The molecule has 0 bridgehead atoms. The van der Waals surface area contributed by atoms with Crippen LogP contribution in [-0.4, -0.2) is 4.98 Å². The molecule has 0 fully saturated rings. The van der Waals surface area contributed by atoms with Gasteiger partial charge in [0.15, 0.2) is 0 Å². The first kappa shape index (κ1) is 13.5. The Kier molecular flexibility index (Phi) is 3.82. The number of nitriles is 1. The van der Waals surface area contributed by atoms with E-state index in [2.05, 4.69) is 32.3 Å². The molecule has 96 valence electrons. The Morgan fingerprint density at radius 3 is 2.74 bits per heavy atom. The van der Waals surface area contributed by atoms with Crippen molar-refractivity contribution in [1.29, 1.82) is 5.26 Å². The van der Waals surface area contributed by atoms with Gasteiger partial charge >= 0.3 is 0 Å². The maximum atomic E-state index is 13.2. The molecule has 19 heavy (non-hydrogen) atoms. The van der Waals surface area contributed by atoms with Gasteiger partial charge in [-0.1, -0.05) is 0 Å². The van der Waals surface area contributed by atoms with Crippen LogP contribution >= 0.6 is 15.9 Å². The topological polar surface area (TPSA) is 48.7 Å². The summed E-state index contributed by atoms with van der Waals surface area (Å²) < 4.78 is 14.0. The number of hydrogen-bond donors (Lipinski definition) is 1. The predicted octanol–water partition coefficient (Wildman–Crippen LogP) is 4.22. The van der Waals surface area contributed by atoms with Crippen LogP contribution in [-0.2, 0) is 0 Å². The molecule has 0 aliphatic carbocycles. The zero-order valence-corrected chi connectivity index (χ0v) is 12.0. The number of aromatic nitrogens is 1. The molecular weight excluding hydrogens is 309 g/mol. The number of benzene rings is 1. The summed E-state index contributed by atoms with van der Waals surface area (Å²) >= 11 is 3.33. The number of nitrogens with one attached hydrogen (secondary N) is 1. The molecule has 1 heterocycles. The predicted molar refractivity (Wildman–Crippen MR) is 75.8 cm³/mol. The number of pyridine rings is 1. The normalized spacial score (nSPS) is 10.1. The van der Waals surface area contributed by atoms with Crippen molar-refractivity contribution in [1.82, 2.24) is 4.98 Å². The van der Waals surface area contributed by atoms with E-state index in [4.69, 9.17) is 0 Å². The summed E-state index contributed by atoms with van der Waals surface area (Å²) in [5.41, 5.74) is 2.63. The lowest BCUT2D eigenvalue weighted by molar-refractivity contribution is 0.628. The van der Waals surface area contributed by atoms with Crippen LogP contribution in [0.15, 0.2) is 28.7 Å². The van der Waals surface area contributed by atoms with Crippen LogP contribution < -0.4 is 5.32 Å². The van der Waals surface area contributed by atoms with Crippen molar-refractivity contribution in [3.05, 3.63) is 51.4 Å². The Balaban J connectivity index is 2.49. The molecule has 0 aliphatic rings. The van der Waals surface area contributed by atoms with E-state index in [0.29, 0.717) is 21.5 Å². The highest BCUT2D eigenvalue weighted by Gasteiger charge is 2.10. The van der Waals surface area contributed by atoms with E-state index >= 15 is 0 Å². The summed E-state index contributed by atoms with van der Waals surface area (Å²) in [4.78, 5) is 4.29. The monoisotopic (exact) mass is 319 g/mol. The van der Waals surface area contributed by atoms with Gasteiger partial charge in [-0.3, -0.25) is 0 Å². The van der Waals surface area contributed by atoms with Gasteiger partial charge in [-0.2, -0.15) is 5.26 Å². The van der Waals surface area contributed by atoms with Crippen molar-refractivity contribution in [2.24, 2.45) is 0 Å². The SMILES string of the molecule is Cc1cc(C)c(C#N)c(Nc2cc(F)ccc2Br)n1. The zero-order chi connectivity index (χ0) is 14.0. The Morgan fingerprint density at radius 2 is 2.05 bits per heavy atom. The van der Waals surface area contributed by atoms with Crippen molar-refractivity contribution in [3.63, 3.8) is 0 Å². The minimum absolute atomic E-state index is 0.353. The van der Waals surface area contributed by atoms with Gasteiger partial charge in [0.1, 0.15) is 17.7 Å². The smallest absolute Gasteiger partial charge is 0.148 e. The van der Waals surface area contributed by atoms with E-state index in [-0.39, 0.29) is 5.82 Å². The van der Waals surface area contributed by atoms with E-state index in [1.165, 1.54) is 12.1 Å². The maximum Gasteiger partial charge on any atom is 0.148 e. The molecule has 0 amide bonds. The van der Waals surface area contributed by atoms with Crippen LogP contribution in [0.5, 0.6) is 0 Å². The number of halogens is 2. The molecule has 0 saturated heterocycles. The number of aryl methyl sites for hydroxylation is 2. The molecule has 1 aromatic heterocycles. The Morgan fingerprint density at radius 1 is 1.32 bits per heavy atom. The second kappa shape index (κ2) is 5.37. The second-order valence-corrected chi connectivity index (χ2v) is 5.02. The standard InChI is InChI=1S/C14H11BrFN3/c1-8-5-9(2)18-14(11(8)7-17)19-13-6-10(16)3-4-12(13)15/h3-6H,1-2H3,(H,18,19). The Hall–Kier alpha value is -1.93. The molecule has 0 atom stereocenters. The average molecular weight is 320 g/mol. The molecule has 0 aliphatic heterocycles. The summed E-state index contributed by atoms with van der Waals surface area (Å²) in [5, 5.41) is 12.2. The molecule has 1 N–H and O–H groups in total. The van der Waals surface area contributed by atoms with E-state index in [0.717, 1.165) is 11.3 Å². The number of rotatable bonds is 2. The first-order valence-corrected chi connectivity index (χ1v) is 6.41. The molecule has 3 nitrogen and oxygen atoms in total. The van der Waals surface area contributed by atoms with Crippen molar-refractivity contribution in [2.45, 2.75) is 13.8 Å². The molecule has 0 unspecified atom stereocenters. The fourth-order valence-corrected chi connectivity index (χ4v) is 2.13. The van der Waals surface area contributed by atoms with Gasteiger partial charge < -0.3 is 5.32 Å². The highest BCUT2D eigenvalue weighted by atomic mass is 79.9. The zero-order valence-electron chi connectivity index (χ0n) is 10.5. The second-order valence-electron chi connectivity index (χ2n) is 4.17. The van der Waals surface area contributed by atoms with Gasteiger partial charge in [0.05, 0.1) is 11.3 Å². The first-order chi connectivity index (χ1) is 9.01. The Bertz CT molecular complexity index is 677. The summed E-state index contributed by atoms with van der Waals surface area (Å²) in [5.74, 6) is 0.0832. The number of hydrogen-bond acceptors (Lipinski definition) is 3. The number of nitrogens with zero attached hydrogens (tertiary/aromatic N) is 2. The van der Waals surface area contributed by atoms with Gasteiger partial charge in [0, 0.05) is 10.2 Å². The van der Waals surface area contributed by atoms with Gasteiger partial charge in [-0.15, -0.1) is 0 Å². The molecule has 0 radical (unpaired) electrons. The molecule has 0 spiro atoms. The van der Waals surface area contributed by atoms with Crippen LogP contribution in [0.4, 0.5) is 15.9 Å². The number of anilines is 2. The van der Waals surface area contributed by atoms with Crippen LogP contribution in [0.25, 0.3) is 0 Å². The van der Waals surface area contributed by atoms with E-state index in [9.17, 15) is 9.65 Å². The third-order valence-electron chi connectivity index (χ3n) is 2.64. The molecule has 2 rings (SSSR count). The van der Waals surface area contributed by atoms with E-state index in [1.54, 1.807) is 6.07 Å². The largest absolute Gasteiger partial charge is 0.338 e. The average Bonchev–Trinajstić information content (AvgIpc) is 2.33. The third kappa shape index (κ3) is 2.91. The molecule has 5 heteroatoms.